The summed E-state index contributed by atoms with van der Waals surface area (Å²) in [6.45, 7) is 7.01. The fraction of sp³-hybridized carbons (Fsp3) is 1.00. The standard InChI is InChI=1S/C20H34O2/c1-18-9-6-14(21)12-13(18)4-5-15-16(18)7-10-19(2)17(15)8-11-20(19,3)22/h13-17,21-22H,4-12H2,1-3H3/t13-,14-,15-,16-,17+,18+,19-,20+/m1/s1. The number of rotatable bonds is 0. The smallest absolute Gasteiger partial charge is 0.0675 e. The first-order valence-electron chi connectivity index (χ1n) is 9.68. The Balaban J connectivity index is 1.64. The third-order valence-electron chi connectivity index (χ3n) is 9.20. The molecule has 22 heavy (non-hydrogen) atoms. The van der Waals surface area contributed by atoms with Crippen LogP contribution >= 0.6 is 0 Å². The van der Waals surface area contributed by atoms with Crippen LogP contribution in [-0.2, 0) is 0 Å². The van der Waals surface area contributed by atoms with Gasteiger partial charge in [-0.3, -0.25) is 0 Å². The number of aliphatic hydroxyl groups excluding tert-OH is 1. The molecule has 0 aromatic heterocycles. The van der Waals surface area contributed by atoms with Crippen molar-refractivity contribution < 1.29 is 10.2 Å². The van der Waals surface area contributed by atoms with E-state index in [0.717, 1.165) is 42.9 Å². The Labute approximate surface area is 135 Å². The van der Waals surface area contributed by atoms with Crippen molar-refractivity contribution in [2.75, 3.05) is 0 Å². The number of fused-ring (bicyclic) bond motifs is 5. The summed E-state index contributed by atoms with van der Waals surface area (Å²) in [5.74, 6) is 3.13. The number of hydrogen-bond acceptors (Lipinski definition) is 2. The third-order valence-corrected chi connectivity index (χ3v) is 9.20. The zero-order chi connectivity index (χ0) is 15.8. The molecule has 4 rings (SSSR count). The fourth-order valence-corrected chi connectivity index (χ4v) is 7.48. The summed E-state index contributed by atoms with van der Waals surface area (Å²) in [6.07, 6.45) is 10.6. The summed E-state index contributed by atoms with van der Waals surface area (Å²) < 4.78 is 0. The van der Waals surface area contributed by atoms with Crippen LogP contribution in [0.2, 0.25) is 0 Å². The summed E-state index contributed by atoms with van der Waals surface area (Å²) in [7, 11) is 0. The zero-order valence-corrected chi connectivity index (χ0v) is 14.6. The van der Waals surface area contributed by atoms with Crippen LogP contribution in [0.15, 0.2) is 0 Å². The van der Waals surface area contributed by atoms with Crippen molar-refractivity contribution >= 4 is 0 Å². The molecule has 4 saturated carbocycles. The zero-order valence-electron chi connectivity index (χ0n) is 14.6. The van der Waals surface area contributed by atoms with E-state index >= 15 is 0 Å². The molecule has 0 heterocycles. The average Bonchev–Trinajstić information content (AvgIpc) is 2.70. The minimum Gasteiger partial charge on any atom is -0.393 e. The largest absolute Gasteiger partial charge is 0.393 e. The van der Waals surface area contributed by atoms with E-state index in [-0.39, 0.29) is 11.5 Å². The van der Waals surface area contributed by atoms with Crippen molar-refractivity contribution in [1.82, 2.24) is 0 Å². The van der Waals surface area contributed by atoms with Gasteiger partial charge in [-0.2, -0.15) is 0 Å². The Morgan fingerprint density at radius 2 is 1.55 bits per heavy atom. The molecule has 0 spiro atoms. The maximum Gasteiger partial charge on any atom is 0.0675 e. The lowest BCUT2D eigenvalue weighted by Gasteiger charge is -2.61. The van der Waals surface area contributed by atoms with E-state index in [9.17, 15) is 10.2 Å². The first kappa shape index (κ1) is 15.4. The normalized spacial score (nSPS) is 61.2. The van der Waals surface area contributed by atoms with Gasteiger partial charge in [0.15, 0.2) is 0 Å². The molecule has 0 radical (unpaired) electrons. The molecule has 8 atom stereocenters. The summed E-state index contributed by atoms with van der Waals surface area (Å²) in [5, 5.41) is 21.0. The van der Waals surface area contributed by atoms with Gasteiger partial charge in [-0.05, 0) is 99.2 Å². The highest BCUT2D eigenvalue weighted by Gasteiger charge is 2.63. The lowest BCUT2D eigenvalue weighted by Crippen LogP contribution is -2.56. The molecule has 4 aliphatic rings. The van der Waals surface area contributed by atoms with Gasteiger partial charge in [0.25, 0.3) is 0 Å². The molecule has 0 bridgehead atoms. The molecule has 0 saturated heterocycles. The van der Waals surface area contributed by atoms with E-state index in [1.165, 1.54) is 38.5 Å². The summed E-state index contributed by atoms with van der Waals surface area (Å²) in [6, 6.07) is 0. The van der Waals surface area contributed by atoms with E-state index in [0.29, 0.717) is 5.41 Å². The Hall–Kier alpha value is -0.0800. The minimum atomic E-state index is -0.455. The molecule has 0 amide bonds. The Bertz CT molecular complexity index is 459. The van der Waals surface area contributed by atoms with Gasteiger partial charge in [-0.1, -0.05) is 13.8 Å². The van der Waals surface area contributed by atoms with E-state index in [4.69, 9.17) is 0 Å². The Morgan fingerprint density at radius 1 is 0.818 bits per heavy atom. The van der Waals surface area contributed by atoms with E-state index in [2.05, 4.69) is 20.8 Å². The monoisotopic (exact) mass is 306 g/mol. The van der Waals surface area contributed by atoms with Crippen molar-refractivity contribution in [3.8, 4) is 0 Å². The van der Waals surface area contributed by atoms with Gasteiger partial charge in [-0.15, -0.1) is 0 Å². The second-order valence-corrected chi connectivity index (χ2v) is 9.85. The van der Waals surface area contributed by atoms with Crippen LogP contribution in [0.5, 0.6) is 0 Å². The summed E-state index contributed by atoms with van der Waals surface area (Å²) in [4.78, 5) is 0. The lowest BCUT2D eigenvalue weighted by atomic mass is 9.44. The minimum absolute atomic E-state index is 0.0457. The van der Waals surface area contributed by atoms with Crippen LogP contribution in [0.25, 0.3) is 0 Å². The molecule has 2 N–H and O–H groups in total. The van der Waals surface area contributed by atoms with Gasteiger partial charge in [0, 0.05) is 0 Å². The van der Waals surface area contributed by atoms with Crippen LogP contribution < -0.4 is 0 Å². The maximum absolute atomic E-state index is 10.9. The van der Waals surface area contributed by atoms with Crippen LogP contribution in [0.3, 0.4) is 0 Å². The van der Waals surface area contributed by atoms with E-state index < -0.39 is 5.60 Å². The molecule has 0 aromatic rings. The van der Waals surface area contributed by atoms with Gasteiger partial charge in [0.05, 0.1) is 11.7 Å². The van der Waals surface area contributed by atoms with Crippen molar-refractivity contribution in [3.05, 3.63) is 0 Å². The first-order chi connectivity index (χ1) is 10.3. The fourth-order valence-electron chi connectivity index (χ4n) is 7.48. The van der Waals surface area contributed by atoms with Gasteiger partial charge < -0.3 is 10.2 Å². The van der Waals surface area contributed by atoms with Gasteiger partial charge in [-0.25, -0.2) is 0 Å². The second kappa shape index (κ2) is 4.72. The van der Waals surface area contributed by atoms with Crippen molar-refractivity contribution in [2.45, 2.75) is 90.3 Å². The molecular formula is C20H34O2. The Morgan fingerprint density at radius 3 is 2.32 bits per heavy atom. The topological polar surface area (TPSA) is 40.5 Å². The average molecular weight is 306 g/mol. The molecule has 0 aromatic carbocycles. The lowest BCUT2D eigenvalue weighted by molar-refractivity contribution is -0.153. The van der Waals surface area contributed by atoms with Gasteiger partial charge >= 0.3 is 0 Å². The molecule has 4 aliphatic carbocycles. The molecular weight excluding hydrogens is 272 g/mol. The predicted molar refractivity (Wildman–Crippen MR) is 88.4 cm³/mol. The Kier molecular flexibility index (Phi) is 3.32. The van der Waals surface area contributed by atoms with Crippen LogP contribution in [-0.4, -0.2) is 21.9 Å². The predicted octanol–water partition coefficient (Wildman–Crippen LogP) is 4.14. The molecule has 2 heteroatoms. The third kappa shape index (κ3) is 1.86. The van der Waals surface area contributed by atoms with E-state index in [1.807, 2.05) is 0 Å². The summed E-state index contributed by atoms with van der Waals surface area (Å²) >= 11 is 0. The maximum atomic E-state index is 10.9. The van der Waals surface area contributed by atoms with Crippen molar-refractivity contribution in [1.29, 1.82) is 0 Å². The SMILES string of the molecule is C[C@]12CC[C@@H](O)C[C@H]1CC[C@@H]1[C@H]2CC[C@]2(C)[C@H]1CC[C@]2(C)O. The van der Waals surface area contributed by atoms with Gasteiger partial charge in [0.2, 0.25) is 0 Å². The molecule has 4 fully saturated rings. The molecule has 0 unspecified atom stereocenters. The highest BCUT2D eigenvalue weighted by Crippen LogP contribution is 2.68. The highest BCUT2D eigenvalue weighted by atomic mass is 16.3. The van der Waals surface area contributed by atoms with E-state index in [1.54, 1.807) is 0 Å². The van der Waals surface area contributed by atoms with Crippen molar-refractivity contribution in [3.63, 3.8) is 0 Å². The van der Waals surface area contributed by atoms with Crippen LogP contribution in [0.4, 0.5) is 0 Å². The highest BCUT2D eigenvalue weighted by molar-refractivity contribution is 5.12. The molecule has 0 aliphatic heterocycles. The molecule has 126 valence electrons. The summed E-state index contributed by atoms with van der Waals surface area (Å²) in [5.41, 5.74) is 0.145. The molecule has 2 nitrogen and oxygen atoms in total. The first-order valence-corrected chi connectivity index (χ1v) is 9.68. The quantitative estimate of drug-likeness (QED) is 0.706. The van der Waals surface area contributed by atoms with Crippen LogP contribution in [0, 0.1) is 34.5 Å². The van der Waals surface area contributed by atoms with Gasteiger partial charge in [0.1, 0.15) is 0 Å². The number of hydrogen-bond donors (Lipinski definition) is 2. The van der Waals surface area contributed by atoms with Crippen molar-refractivity contribution in [2.24, 2.45) is 34.5 Å². The second-order valence-electron chi connectivity index (χ2n) is 9.85. The number of aliphatic hydroxyl groups is 2. The van der Waals surface area contributed by atoms with Crippen LogP contribution in [0.1, 0.15) is 78.6 Å².